The summed E-state index contributed by atoms with van der Waals surface area (Å²) in [5.74, 6) is 0.547. The van der Waals surface area contributed by atoms with Crippen molar-refractivity contribution in [3.63, 3.8) is 0 Å². The maximum atomic E-state index is 13.6. The number of benzene rings is 1. The number of furan rings is 1. The lowest BCUT2D eigenvalue weighted by atomic mass is 10.1. The number of amides is 1. The van der Waals surface area contributed by atoms with Gasteiger partial charge in [-0.3, -0.25) is 9.79 Å². The smallest absolute Gasteiger partial charge is 0.287 e. The molecule has 2 rings (SSSR count). The fourth-order valence-electron chi connectivity index (χ4n) is 2.34. The van der Waals surface area contributed by atoms with Crippen molar-refractivity contribution in [1.82, 2.24) is 16.0 Å². The van der Waals surface area contributed by atoms with Gasteiger partial charge >= 0.3 is 0 Å². The van der Waals surface area contributed by atoms with Crippen molar-refractivity contribution in [3.05, 3.63) is 58.8 Å². The maximum absolute atomic E-state index is 13.6. The Labute approximate surface area is 152 Å². The van der Waals surface area contributed by atoms with Crippen molar-refractivity contribution in [2.45, 2.75) is 26.8 Å². The first kappa shape index (κ1) is 19.5. The summed E-state index contributed by atoms with van der Waals surface area (Å²) in [6, 6.07) is 6.91. The van der Waals surface area contributed by atoms with E-state index >= 15 is 0 Å². The van der Waals surface area contributed by atoms with Crippen LogP contribution >= 0.6 is 0 Å². The second kappa shape index (κ2) is 9.60. The molecule has 140 valence electrons. The van der Waals surface area contributed by atoms with Gasteiger partial charge in [0.2, 0.25) is 0 Å². The number of halogens is 1. The van der Waals surface area contributed by atoms with E-state index < -0.39 is 0 Å². The third-order valence-corrected chi connectivity index (χ3v) is 3.92. The summed E-state index contributed by atoms with van der Waals surface area (Å²) in [4.78, 5) is 16.0. The Morgan fingerprint density at radius 1 is 1.12 bits per heavy atom. The largest absolute Gasteiger partial charge is 0.459 e. The number of carbonyl (C=O) groups is 1. The fraction of sp³-hybridized carbons (Fsp3) is 0.368. The fourth-order valence-corrected chi connectivity index (χ4v) is 2.34. The molecule has 7 heteroatoms. The molecule has 0 saturated heterocycles. The van der Waals surface area contributed by atoms with Gasteiger partial charge in [-0.05, 0) is 43.5 Å². The molecule has 0 bridgehead atoms. The van der Waals surface area contributed by atoms with Crippen LogP contribution in [0, 0.1) is 19.7 Å². The van der Waals surface area contributed by atoms with E-state index in [2.05, 4.69) is 20.9 Å². The van der Waals surface area contributed by atoms with Gasteiger partial charge in [0.15, 0.2) is 11.7 Å². The number of guanidine groups is 1. The number of nitrogens with one attached hydrogen (secondary N) is 3. The molecule has 1 aromatic carbocycles. The Morgan fingerprint density at radius 3 is 2.54 bits per heavy atom. The Bertz CT molecular complexity index is 771. The number of carbonyl (C=O) groups excluding carboxylic acids is 1. The molecule has 0 atom stereocenters. The van der Waals surface area contributed by atoms with Gasteiger partial charge in [0, 0.05) is 32.2 Å². The van der Waals surface area contributed by atoms with Gasteiger partial charge in [-0.25, -0.2) is 4.39 Å². The van der Waals surface area contributed by atoms with Gasteiger partial charge in [0.05, 0.1) is 6.26 Å². The molecular formula is C19H25FN4O2. The topological polar surface area (TPSA) is 78.7 Å². The number of hydrogen-bond acceptors (Lipinski definition) is 3. The van der Waals surface area contributed by atoms with E-state index in [1.807, 2.05) is 13.0 Å². The number of aliphatic imine (C=N–C) groups is 1. The summed E-state index contributed by atoms with van der Waals surface area (Å²) in [5.41, 5.74) is 2.29. The highest BCUT2D eigenvalue weighted by molar-refractivity contribution is 5.92. The average Bonchev–Trinajstić information content (AvgIpc) is 3.06. The van der Waals surface area contributed by atoms with Crippen molar-refractivity contribution in [1.29, 1.82) is 0 Å². The van der Waals surface area contributed by atoms with Gasteiger partial charge in [0.25, 0.3) is 5.91 Å². The quantitative estimate of drug-likeness (QED) is 0.403. The normalized spacial score (nSPS) is 11.3. The third-order valence-electron chi connectivity index (χ3n) is 3.92. The number of nitrogens with zero attached hydrogens (tertiary/aromatic N) is 1. The minimum atomic E-state index is -0.213. The molecule has 2 aromatic rings. The zero-order valence-electron chi connectivity index (χ0n) is 15.4. The van der Waals surface area contributed by atoms with E-state index in [9.17, 15) is 9.18 Å². The second-order valence-corrected chi connectivity index (χ2v) is 5.98. The molecule has 1 aromatic heterocycles. The van der Waals surface area contributed by atoms with Crippen molar-refractivity contribution in [3.8, 4) is 0 Å². The minimum absolute atomic E-state index is 0.212. The first-order valence-electron chi connectivity index (χ1n) is 8.53. The van der Waals surface area contributed by atoms with Gasteiger partial charge in [-0.1, -0.05) is 12.1 Å². The van der Waals surface area contributed by atoms with Crippen molar-refractivity contribution in [2.75, 3.05) is 20.1 Å². The molecule has 0 fully saturated rings. The van der Waals surface area contributed by atoms with Crippen LogP contribution in [0.5, 0.6) is 0 Å². The van der Waals surface area contributed by atoms with Crippen LogP contribution in [-0.4, -0.2) is 32.0 Å². The first-order chi connectivity index (χ1) is 12.5. The summed E-state index contributed by atoms with van der Waals surface area (Å²) in [5, 5.41) is 9.10. The second-order valence-electron chi connectivity index (χ2n) is 5.98. The molecule has 1 amide bonds. The molecule has 1 heterocycles. The highest BCUT2D eigenvalue weighted by Gasteiger charge is 2.11. The molecule has 0 aliphatic carbocycles. The third kappa shape index (κ3) is 5.61. The predicted molar refractivity (Wildman–Crippen MR) is 99.7 cm³/mol. The highest BCUT2D eigenvalue weighted by atomic mass is 19.1. The van der Waals surface area contributed by atoms with E-state index in [1.54, 1.807) is 26.1 Å². The summed E-state index contributed by atoms with van der Waals surface area (Å²) in [7, 11) is 1.67. The molecule has 26 heavy (non-hydrogen) atoms. The minimum Gasteiger partial charge on any atom is -0.459 e. The molecule has 3 N–H and O–H groups in total. The van der Waals surface area contributed by atoms with Gasteiger partial charge in [0.1, 0.15) is 5.82 Å². The molecule has 0 aliphatic heterocycles. The summed E-state index contributed by atoms with van der Waals surface area (Å²) < 4.78 is 18.7. The van der Waals surface area contributed by atoms with Gasteiger partial charge in [-0.15, -0.1) is 0 Å². The number of aryl methyl sites for hydroxylation is 2. The van der Waals surface area contributed by atoms with Gasteiger partial charge < -0.3 is 20.4 Å². The zero-order chi connectivity index (χ0) is 18.9. The molecule has 0 unspecified atom stereocenters. The lowest BCUT2D eigenvalue weighted by Crippen LogP contribution is -2.38. The van der Waals surface area contributed by atoms with Crippen LogP contribution in [0.25, 0.3) is 0 Å². The lowest BCUT2D eigenvalue weighted by Gasteiger charge is -2.12. The van der Waals surface area contributed by atoms with E-state index in [0.29, 0.717) is 36.9 Å². The van der Waals surface area contributed by atoms with E-state index in [-0.39, 0.29) is 11.7 Å². The summed E-state index contributed by atoms with van der Waals surface area (Å²) >= 11 is 0. The van der Waals surface area contributed by atoms with Crippen LogP contribution in [0.3, 0.4) is 0 Å². The van der Waals surface area contributed by atoms with E-state index in [0.717, 1.165) is 17.5 Å². The molecule has 6 nitrogen and oxygen atoms in total. The molecule has 0 radical (unpaired) electrons. The van der Waals surface area contributed by atoms with E-state index in [4.69, 9.17) is 4.42 Å². The molecule has 0 spiro atoms. The molecule has 0 saturated carbocycles. The predicted octanol–water partition coefficient (Wildman–Crippen LogP) is 2.52. The van der Waals surface area contributed by atoms with Crippen LogP contribution in [-0.2, 0) is 6.54 Å². The van der Waals surface area contributed by atoms with Crippen molar-refractivity contribution >= 4 is 11.9 Å². The summed E-state index contributed by atoms with van der Waals surface area (Å²) in [6.45, 7) is 5.20. The van der Waals surface area contributed by atoms with E-state index in [1.165, 1.54) is 12.3 Å². The van der Waals surface area contributed by atoms with Crippen LogP contribution in [0.2, 0.25) is 0 Å². The van der Waals surface area contributed by atoms with Crippen LogP contribution in [0.15, 0.2) is 39.9 Å². The Balaban J connectivity index is 1.66. The van der Waals surface area contributed by atoms with Gasteiger partial charge in [-0.2, -0.15) is 0 Å². The zero-order valence-corrected chi connectivity index (χ0v) is 15.4. The SMILES string of the molecule is CN=C(NCCCNC(=O)c1occc1C)NCc1ccc(C)c(F)c1. The standard InChI is InChI=1S/C19H25FN4O2/c1-13-5-6-15(11-16(13)20)12-24-19(21-3)23-9-4-8-22-18(25)17-14(2)7-10-26-17/h5-7,10-11H,4,8-9,12H2,1-3H3,(H,22,25)(H2,21,23,24). The van der Waals surface area contributed by atoms with Crippen LogP contribution < -0.4 is 16.0 Å². The van der Waals surface area contributed by atoms with Crippen molar-refractivity contribution < 1.29 is 13.6 Å². The molecular weight excluding hydrogens is 335 g/mol. The lowest BCUT2D eigenvalue weighted by molar-refractivity contribution is 0.0925. The Hall–Kier alpha value is -2.83. The highest BCUT2D eigenvalue weighted by Crippen LogP contribution is 2.09. The van der Waals surface area contributed by atoms with Crippen LogP contribution in [0.4, 0.5) is 4.39 Å². The average molecular weight is 360 g/mol. The van der Waals surface area contributed by atoms with Crippen LogP contribution in [0.1, 0.15) is 33.7 Å². The number of rotatable bonds is 7. The monoisotopic (exact) mass is 360 g/mol. The molecule has 0 aliphatic rings. The maximum Gasteiger partial charge on any atom is 0.287 e. The Kier molecular flexibility index (Phi) is 7.20. The summed E-state index contributed by atoms with van der Waals surface area (Å²) in [6.07, 6.45) is 2.23. The first-order valence-corrected chi connectivity index (χ1v) is 8.53. The Morgan fingerprint density at radius 2 is 1.88 bits per heavy atom. The van der Waals surface area contributed by atoms with Crippen molar-refractivity contribution in [2.24, 2.45) is 4.99 Å². The number of hydrogen-bond donors (Lipinski definition) is 3.